The SMILES string of the molecule is C.CCC#N.CCCCOc1c(C=C2N(CCCCCC(=O)O)c3ccccc3C2(C)C)c(=O)c1=O.CCN(CC)CC.O=S(=O)=O.[C-]#[N+]C(=C=[N-])C1=C(C=C2N(CCCCCC(=O)O)c3ccc(C)cc3C2(C)C)C(=O)C1=C(C#N)C#N. The lowest BCUT2D eigenvalue weighted by Crippen LogP contribution is -2.36. The Bertz CT molecular complexity index is 3310. The summed E-state index contributed by atoms with van der Waals surface area (Å²) in [6.07, 6.45) is 10.5. The standard InChI is InChI=1S/C28H24N5O3.C25H31NO5.C6H15N.C3H5N.CH4.O3S/c1-17-9-10-22-20(12-17)28(2,3)23(33(22)11-7-5-6-8-24(34)35)13-19-26(21(16-31)32-4)25(27(19)36)18(14-29)15-30;1-4-5-15-31-24-17(22(29)23(24)30)16-20-25(2,3)18-11-8-9-12-19(18)26(20)14-10-6-7-13-21(27)28;1-4-7(5-2)6-3;1-2-3-4;;1-4(2)3/h9-10,12-13H,5-8,11H2,1-3H3,(H,34,35);8-9,11-12,16H,4-7,10,13-15H2,1-3H3,(H,27,28);4-6H2,1-3H3;2H2,1H3;1H4;/q-1;;;;;. The Morgan fingerprint density at radius 3 is 1.70 bits per heavy atom. The summed E-state index contributed by atoms with van der Waals surface area (Å²) in [6, 6.07) is 19.6. The van der Waals surface area contributed by atoms with Gasteiger partial charge in [-0.15, -0.1) is 12.6 Å². The highest BCUT2D eigenvalue weighted by Gasteiger charge is 2.44. The number of nitrogens with zero attached hydrogens (tertiary/aromatic N) is 8. The van der Waals surface area contributed by atoms with Gasteiger partial charge >= 0.3 is 22.5 Å². The lowest BCUT2D eigenvalue weighted by atomic mass is 9.75. The van der Waals surface area contributed by atoms with E-state index in [4.69, 9.17) is 39.4 Å². The van der Waals surface area contributed by atoms with Gasteiger partial charge in [0.05, 0.1) is 24.8 Å². The summed E-state index contributed by atoms with van der Waals surface area (Å²) in [5, 5.41) is 53.5. The molecule has 0 bridgehead atoms. The zero-order valence-corrected chi connectivity index (χ0v) is 49.6. The molecule has 83 heavy (non-hydrogen) atoms. The maximum absolute atomic E-state index is 13.1. The molecule has 19 nitrogen and oxygen atoms in total. The third kappa shape index (κ3) is 19.3. The van der Waals surface area contributed by atoms with Gasteiger partial charge in [0.25, 0.3) is 5.43 Å². The number of anilines is 2. The Balaban J connectivity index is 0.000000663. The molecule has 3 aromatic carbocycles. The highest BCUT2D eigenvalue weighted by molar-refractivity contribution is 7.59. The fourth-order valence-electron chi connectivity index (χ4n) is 9.53. The van der Waals surface area contributed by atoms with Crippen LogP contribution in [0.2, 0.25) is 0 Å². The van der Waals surface area contributed by atoms with Crippen LogP contribution in [-0.2, 0) is 35.8 Å². The van der Waals surface area contributed by atoms with Crippen LogP contribution in [0.3, 0.4) is 0 Å². The van der Waals surface area contributed by atoms with Crippen LogP contribution in [0.4, 0.5) is 11.4 Å². The van der Waals surface area contributed by atoms with Gasteiger partial charge < -0.3 is 35.1 Å². The van der Waals surface area contributed by atoms with E-state index in [0.717, 1.165) is 72.4 Å². The smallest absolute Gasteiger partial charge is 0.425 e. The number of rotatable bonds is 22. The molecule has 6 rings (SSSR count). The number of nitriles is 3. The average molecular weight is 1160 g/mol. The summed E-state index contributed by atoms with van der Waals surface area (Å²) >= 11 is 0. The van der Waals surface area contributed by atoms with Crippen molar-refractivity contribution in [3.8, 4) is 24.0 Å². The molecule has 2 aliphatic heterocycles. The maximum atomic E-state index is 13.1. The summed E-state index contributed by atoms with van der Waals surface area (Å²) in [5.41, 5.74) is 4.79. The van der Waals surface area contributed by atoms with Gasteiger partial charge in [-0.05, 0) is 94.1 Å². The molecule has 3 aliphatic rings. The Morgan fingerprint density at radius 1 is 0.759 bits per heavy atom. The molecule has 0 saturated heterocycles. The van der Waals surface area contributed by atoms with E-state index in [1.165, 1.54) is 25.2 Å². The first-order valence-electron chi connectivity index (χ1n) is 27.3. The second-order valence-corrected chi connectivity index (χ2v) is 20.6. The van der Waals surface area contributed by atoms with E-state index in [2.05, 4.69) is 72.4 Å². The Kier molecular flexibility index (Phi) is 30.9. The van der Waals surface area contributed by atoms with Crippen molar-refractivity contribution in [2.75, 3.05) is 49.1 Å². The van der Waals surface area contributed by atoms with Crippen LogP contribution < -0.4 is 25.4 Å². The molecule has 0 aromatic heterocycles. The van der Waals surface area contributed by atoms with Gasteiger partial charge in [-0.1, -0.05) is 125 Å². The first-order chi connectivity index (χ1) is 38.9. The molecule has 0 spiro atoms. The molecule has 0 amide bonds. The Labute approximate surface area is 490 Å². The van der Waals surface area contributed by atoms with Crippen LogP contribution in [-0.4, -0.2) is 90.7 Å². The average Bonchev–Trinajstić information content (AvgIpc) is 3.00. The fraction of sp³-hybridized carbons (Fsp3) is 0.476. The minimum Gasteiger partial charge on any atom is -0.775 e. The Morgan fingerprint density at radius 2 is 1.25 bits per heavy atom. The molecule has 2 N–H and O–H groups in total. The number of unbranched alkanes of at least 4 members (excludes halogenated alkanes) is 5. The predicted octanol–water partition coefficient (Wildman–Crippen LogP) is 11.0. The van der Waals surface area contributed by atoms with Crippen LogP contribution in [0.15, 0.2) is 97.5 Å². The summed E-state index contributed by atoms with van der Waals surface area (Å²) in [4.78, 5) is 69.0. The predicted molar refractivity (Wildman–Crippen MR) is 323 cm³/mol. The summed E-state index contributed by atoms with van der Waals surface area (Å²) in [5.74, 6) is -0.184. The normalized spacial score (nSPS) is 14.5. The van der Waals surface area contributed by atoms with Crippen molar-refractivity contribution < 1.29 is 42.0 Å². The number of para-hydroxylation sites is 1. The van der Waals surface area contributed by atoms with Gasteiger partial charge in [-0.2, -0.15) is 15.8 Å². The minimum atomic E-state index is -3.11. The number of fused-ring (bicyclic) bond motifs is 2. The van der Waals surface area contributed by atoms with E-state index in [-0.39, 0.29) is 53.8 Å². The molecule has 20 heteroatoms. The van der Waals surface area contributed by atoms with Crippen molar-refractivity contribution in [1.82, 2.24) is 4.90 Å². The highest BCUT2D eigenvalue weighted by Crippen LogP contribution is 2.51. The number of carbonyl (C=O) groups is 3. The van der Waals surface area contributed by atoms with Crippen molar-refractivity contribution in [3.63, 3.8) is 0 Å². The summed E-state index contributed by atoms with van der Waals surface area (Å²) in [6.45, 7) is 33.4. The van der Waals surface area contributed by atoms with Crippen LogP contribution in [0.1, 0.15) is 163 Å². The van der Waals surface area contributed by atoms with E-state index in [0.29, 0.717) is 44.5 Å². The maximum Gasteiger partial charge on any atom is 0.425 e. The number of ether oxygens (including phenoxy) is 1. The van der Waals surface area contributed by atoms with Crippen LogP contribution in [0, 0.1) is 47.5 Å². The van der Waals surface area contributed by atoms with Gasteiger partial charge in [-0.3, -0.25) is 29.8 Å². The van der Waals surface area contributed by atoms with E-state index in [9.17, 15) is 39.9 Å². The summed E-state index contributed by atoms with van der Waals surface area (Å²) < 4.78 is 31.0. The number of hydrogen-bond acceptors (Lipinski definition) is 15. The fourth-order valence-corrected chi connectivity index (χ4v) is 9.53. The van der Waals surface area contributed by atoms with Crippen molar-refractivity contribution in [1.29, 1.82) is 15.8 Å². The first-order valence-corrected chi connectivity index (χ1v) is 28.3. The molecule has 0 unspecified atom stereocenters. The van der Waals surface area contributed by atoms with Gasteiger partial charge in [-0.25, -0.2) is 4.85 Å². The van der Waals surface area contributed by atoms with Crippen molar-refractivity contribution in [2.24, 2.45) is 0 Å². The van der Waals surface area contributed by atoms with E-state index >= 15 is 0 Å². The summed E-state index contributed by atoms with van der Waals surface area (Å²) in [7, 11) is -3.11. The second-order valence-electron chi connectivity index (χ2n) is 20.2. The zero-order chi connectivity index (χ0) is 61.9. The van der Waals surface area contributed by atoms with E-state index in [1.807, 2.05) is 71.0 Å². The van der Waals surface area contributed by atoms with Gasteiger partial charge in [0.15, 0.2) is 11.5 Å². The number of ketones is 1. The molecular weight excluding hydrogens is 1080 g/mol. The molecular formula is C63H79N8O11S-. The van der Waals surface area contributed by atoms with Crippen LogP contribution in [0.5, 0.6) is 5.75 Å². The number of aliphatic carboxylic acids is 2. The van der Waals surface area contributed by atoms with Gasteiger partial charge in [0.2, 0.25) is 11.1 Å². The van der Waals surface area contributed by atoms with Crippen LogP contribution >= 0.6 is 0 Å². The minimum absolute atomic E-state index is 0. The first kappa shape index (κ1) is 72.5. The number of carboxylic acids is 2. The number of carboxylic acid groups (broad SMARTS) is 2. The number of Topliss-reactive ketones (excluding diaryl/α,β-unsaturated/α-hetero) is 1. The quantitative estimate of drug-likeness (QED) is 0.0236. The molecule has 0 fully saturated rings. The molecule has 1 aliphatic carbocycles. The van der Waals surface area contributed by atoms with E-state index in [1.54, 1.807) is 24.1 Å². The van der Waals surface area contributed by atoms with E-state index < -0.39 is 50.2 Å². The molecule has 444 valence electrons. The van der Waals surface area contributed by atoms with Gasteiger partial charge in [0, 0.05) is 82.7 Å². The number of allylic oxidation sites excluding steroid dienone is 6. The number of carbonyl (C=O) groups excluding carboxylic acids is 1. The molecule has 2 heterocycles. The molecule has 3 aromatic rings. The number of benzene rings is 2. The number of aryl methyl sites for hydroxylation is 1. The zero-order valence-electron chi connectivity index (χ0n) is 48.8. The third-order valence-electron chi connectivity index (χ3n) is 14.0. The molecule has 0 saturated carbocycles. The van der Waals surface area contributed by atoms with Crippen LogP contribution in [0.25, 0.3) is 16.3 Å². The molecule has 0 radical (unpaired) electrons. The van der Waals surface area contributed by atoms with Crippen molar-refractivity contribution in [3.05, 3.63) is 147 Å². The second kappa shape index (κ2) is 35.4. The van der Waals surface area contributed by atoms with Crippen molar-refractivity contribution in [2.45, 2.75) is 158 Å². The lowest BCUT2D eigenvalue weighted by molar-refractivity contribution is -0.138. The monoisotopic (exact) mass is 1160 g/mol. The van der Waals surface area contributed by atoms with Crippen molar-refractivity contribution >= 4 is 51.7 Å². The largest absolute Gasteiger partial charge is 0.775 e. The number of hydrogen-bond donors (Lipinski definition) is 2. The lowest BCUT2D eigenvalue weighted by Gasteiger charge is -2.30. The third-order valence-corrected chi connectivity index (χ3v) is 14.0. The Hall–Kier alpha value is -8.52. The van der Waals surface area contributed by atoms with Gasteiger partial charge in [0.1, 0.15) is 17.7 Å². The highest BCUT2D eigenvalue weighted by atomic mass is 32.2. The molecule has 0 atom stereocenters. The topological polar surface area (TPSA) is 294 Å².